The molecule has 0 aliphatic carbocycles. The van der Waals surface area contributed by atoms with E-state index < -0.39 is 0 Å². The maximum atomic E-state index is 5.80. The van der Waals surface area contributed by atoms with Crippen LogP contribution in [-0.2, 0) is 4.74 Å². The summed E-state index contributed by atoms with van der Waals surface area (Å²) < 4.78 is 5.27. The van der Waals surface area contributed by atoms with Crippen LogP contribution in [-0.4, -0.2) is 19.3 Å². The highest BCUT2D eigenvalue weighted by Gasteiger charge is 2.15. The molecule has 1 aromatic rings. The summed E-state index contributed by atoms with van der Waals surface area (Å²) in [6.45, 7) is 1.64. The first-order valence-electron chi connectivity index (χ1n) is 4.55. The highest BCUT2D eigenvalue weighted by Crippen LogP contribution is 2.19. The Morgan fingerprint density at radius 3 is 2.92 bits per heavy atom. The third kappa shape index (κ3) is 1.92. The van der Waals surface area contributed by atoms with Crippen LogP contribution in [0.5, 0.6) is 0 Å². The number of nitrogens with two attached hydrogens (primary N) is 1. The Labute approximate surface area is 77.9 Å². The molecule has 3 heteroatoms. The van der Waals surface area contributed by atoms with Gasteiger partial charge in [-0.1, -0.05) is 12.1 Å². The second-order valence-corrected chi connectivity index (χ2v) is 3.29. The van der Waals surface area contributed by atoms with Crippen LogP contribution in [0.4, 0.5) is 11.4 Å². The van der Waals surface area contributed by atoms with E-state index in [1.54, 1.807) is 0 Å². The SMILES string of the molecule is Nc1ccccc1NC1CCOC1. The van der Waals surface area contributed by atoms with Gasteiger partial charge in [-0.05, 0) is 18.6 Å². The van der Waals surface area contributed by atoms with E-state index in [-0.39, 0.29) is 0 Å². The predicted molar refractivity (Wildman–Crippen MR) is 53.7 cm³/mol. The minimum atomic E-state index is 0.421. The van der Waals surface area contributed by atoms with Gasteiger partial charge in [0.2, 0.25) is 0 Å². The van der Waals surface area contributed by atoms with E-state index in [1.165, 1.54) is 0 Å². The number of hydrogen-bond donors (Lipinski definition) is 2. The lowest BCUT2D eigenvalue weighted by atomic mass is 10.2. The zero-order valence-corrected chi connectivity index (χ0v) is 7.49. The van der Waals surface area contributed by atoms with Gasteiger partial charge in [-0.25, -0.2) is 0 Å². The highest BCUT2D eigenvalue weighted by molar-refractivity contribution is 5.65. The molecule has 13 heavy (non-hydrogen) atoms. The second kappa shape index (κ2) is 3.66. The molecular weight excluding hydrogens is 164 g/mol. The molecule has 1 aromatic carbocycles. The van der Waals surface area contributed by atoms with Gasteiger partial charge < -0.3 is 15.8 Å². The number of anilines is 2. The van der Waals surface area contributed by atoms with Crippen LogP contribution < -0.4 is 11.1 Å². The monoisotopic (exact) mass is 178 g/mol. The van der Waals surface area contributed by atoms with Crippen molar-refractivity contribution in [3.8, 4) is 0 Å². The fraction of sp³-hybridized carbons (Fsp3) is 0.400. The summed E-state index contributed by atoms with van der Waals surface area (Å²) in [7, 11) is 0. The maximum absolute atomic E-state index is 5.80. The van der Waals surface area contributed by atoms with Gasteiger partial charge in [-0.2, -0.15) is 0 Å². The van der Waals surface area contributed by atoms with Crippen LogP contribution in [0.3, 0.4) is 0 Å². The molecule has 1 heterocycles. The molecule has 0 amide bonds. The summed E-state index contributed by atoms with van der Waals surface area (Å²) in [5.41, 5.74) is 7.61. The molecule has 1 atom stereocenters. The number of rotatable bonds is 2. The van der Waals surface area contributed by atoms with Gasteiger partial charge >= 0.3 is 0 Å². The van der Waals surface area contributed by atoms with Crippen molar-refractivity contribution in [2.24, 2.45) is 0 Å². The first-order chi connectivity index (χ1) is 6.36. The maximum Gasteiger partial charge on any atom is 0.0668 e. The van der Waals surface area contributed by atoms with E-state index in [0.717, 1.165) is 31.0 Å². The third-order valence-electron chi connectivity index (χ3n) is 2.25. The first-order valence-corrected chi connectivity index (χ1v) is 4.55. The van der Waals surface area contributed by atoms with Gasteiger partial charge in [0.05, 0.1) is 24.0 Å². The molecule has 1 aliphatic rings. The molecule has 1 aliphatic heterocycles. The summed E-state index contributed by atoms with van der Waals surface area (Å²) in [5, 5.41) is 3.36. The van der Waals surface area contributed by atoms with Gasteiger partial charge in [0.1, 0.15) is 0 Å². The van der Waals surface area contributed by atoms with Crippen LogP contribution in [0.15, 0.2) is 24.3 Å². The van der Waals surface area contributed by atoms with Crippen molar-refractivity contribution in [3.63, 3.8) is 0 Å². The van der Waals surface area contributed by atoms with Crippen LogP contribution in [0.2, 0.25) is 0 Å². The predicted octanol–water partition coefficient (Wildman–Crippen LogP) is 1.47. The minimum absolute atomic E-state index is 0.421. The number of ether oxygens (including phenoxy) is 1. The van der Waals surface area contributed by atoms with Crippen molar-refractivity contribution in [1.29, 1.82) is 0 Å². The van der Waals surface area contributed by atoms with Gasteiger partial charge in [0, 0.05) is 6.61 Å². The summed E-state index contributed by atoms with van der Waals surface area (Å²) in [4.78, 5) is 0. The molecule has 2 rings (SSSR count). The summed E-state index contributed by atoms with van der Waals surface area (Å²) in [6.07, 6.45) is 1.06. The molecule has 3 nitrogen and oxygen atoms in total. The lowest BCUT2D eigenvalue weighted by Gasteiger charge is -2.13. The number of nitrogens with one attached hydrogen (secondary N) is 1. The molecular formula is C10H14N2O. The number of benzene rings is 1. The Bertz CT molecular complexity index is 282. The normalized spacial score (nSPS) is 21.7. The smallest absolute Gasteiger partial charge is 0.0668 e. The highest BCUT2D eigenvalue weighted by atomic mass is 16.5. The van der Waals surface area contributed by atoms with Crippen molar-refractivity contribution < 1.29 is 4.74 Å². The number of nitrogen functional groups attached to an aromatic ring is 1. The lowest BCUT2D eigenvalue weighted by molar-refractivity contribution is 0.195. The van der Waals surface area contributed by atoms with Crippen LogP contribution in [0, 0.1) is 0 Å². The summed E-state index contributed by atoms with van der Waals surface area (Å²) in [5.74, 6) is 0. The topological polar surface area (TPSA) is 47.3 Å². The van der Waals surface area contributed by atoms with Crippen LogP contribution in [0.25, 0.3) is 0 Å². The van der Waals surface area contributed by atoms with Gasteiger partial charge in [0.15, 0.2) is 0 Å². The standard InChI is InChI=1S/C10H14N2O/c11-9-3-1-2-4-10(9)12-8-5-6-13-7-8/h1-4,8,12H,5-7,11H2. The van der Waals surface area contributed by atoms with Crippen molar-refractivity contribution in [3.05, 3.63) is 24.3 Å². The number of hydrogen-bond acceptors (Lipinski definition) is 3. The molecule has 0 aromatic heterocycles. The van der Waals surface area contributed by atoms with E-state index in [2.05, 4.69) is 5.32 Å². The molecule has 70 valence electrons. The summed E-state index contributed by atoms with van der Waals surface area (Å²) >= 11 is 0. The third-order valence-corrected chi connectivity index (χ3v) is 2.25. The molecule has 3 N–H and O–H groups in total. The molecule has 1 saturated heterocycles. The van der Waals surface area contributed by atoms with Crippen molar-refractivity contribution in [1.82, 2.24) is 0 Å². The number of para-hydroxylation sites is 2. The van der Waals surface area contributed by atoms with Gasteiger partial charge in [0.25, 0.3) is 0 Å². The Kier molecular flexibility index (Phi) is 2.36. The lowest BCUT2D eigenvalue weighted by Crippen LogP contribution is -2.19. The minimum Gasteiger partial charge on any atom is -0.397 e. The fourth-order valence-corrected chi connectivity index (χ4v) is 1.50. The Hall–Kier alpha value is -1.22. The second-order valence-electron chi connectivity index (χ2n) is 3.29. The summed E-state index contributed by atoms with van der Waals surface area (Å²) in [6, 6.07) is 8.23. The quantitative estimate of drug-likeness (QED) is 0.674. The largest absolute Gasteiger partial charge is 0.397 e. The van der Waals surface area contributed by atoms with Crippen LogP contribution in [0.1, 0.15) is 6.42 Å². The van der Waals surface area contributed by atoms with Crippen LogP contribution >= 0.6 is 0 Å². The zero-order chi connectivity index (χ0) is 9.10. The Balaban J connectivity index is 2.04. The molecule has 0 spiro atoms. The van der Waals surface area contributed by atoms with Crippen molar-refractivity contribution >= 4 is 11.4 Å². The van der Waals surface area contributed by atoms with Crippen molar-refractivity contribution in [2.75, 3.05) is 24.3 Å². The van der Waals surface area contributed by atoms with Crippen molar-refractivity contribution in [2.45, 2.75) is 12.5 Å². The molecule has 1 fully saturated rings. The molecule has 0 bridgehead atoms. The van der Waals surface area contributed by atoms with E-state index in [9.17, 15) is 0 Å². The first kappa shape index (κ1) is 8.38. The van der Waals surface area contributed by atoms with E-state index in [4.69, 9.17) is 10.5 Å². The van der Waals surface area contributed by atoms with E-state index in [0.29, 0.717) is 6.04 Å². The van der Waals surface area contributed by atoms with E-state index in [1.807, 2.05) is 24.3 Å². The van der Waals surface area contributed by atoms with Gasteiger partial charge in [-0.3, -0.25) is 0 Å². The Morgan fingerprint density at radius 1 is 1.38 bits per heavy atom. The average molecular weight is 178 g/mol. The molecule has 0 radical (unpaired) electrons. The van der Waals surface area contributed by atoms with Gasteiger partial charge in [-0.15, -0.1) is 0 Å². The molecule has 1 unspecified atom stereocenters. The average Bonchev–Trinajstić information content (AvgIpc) is 2.61. The Morgan fingerprint density at radius 2 is 2.23 bits per heavy atom. The fourth-order valence-electron chi connectivity index (χ4n) is 1.50. The molecule has 0 saturated carbocycles. The zero-order valence-electron chi connectivity index (χ0n) is 7.49. The van der Waals surface area contributed by atoms with E-state index >= 15 is 0 Å².